The number of hydrogen-bond donors (Lipinski definition) is 2. The molecule has 1 fully saturated rings. The van der Waals surface area contributed by atoms with Crippen LogP contribution in [0.1, 0.15) is 24.3 Å². The molecule has 84 valence electrons. The number of nitrogens with zero attached hydrogens (tertiary/aromatic N) is 1. The molecule has 1 saturated heterocycles. The molecule has 0 spiro atoms. The predicted octanol–water partition coefficient (Wildman–Crippen LogP) is 1.27. The van der Waals surface area contributed by atoms with Gasteiger partial charge in [0.1, 0.15) is 0 Å². The maximum Gasteiger partial charge on any atom is 0.289 e. The molecule has 1 atom stereocenters. The maximum absolute atomic E-state index is 11.5. The van der Waals surface area contributed by atoms with E-state index in [9.17, 15) is 5.21 Å². The molecule has 0 aliphatic carbocycles. The second kappa shape index (κ2) is 3.79. The summed E-state index contributed by atoms with van der Waals surface area (Å²) in [5.74, 6) is 0.532. The van der Waals surface area contributed by atoms with E-state index in [4.69, 9.17) is 0 Å². The molecule has 3 heterocycles. The Labute approximate surface area is 93.9 Å². The molecule has 2 aromatic heterocycles. The van der Waals surface area contributed by atoms with Gasteiger partial charge in [-0.2, -0.15) is 0 Å². The third-order valence-electron chi connectivity index (χ3n) is 3.37. The molecule has 2 aromatic rings. The lowest BCUT2D eigenvalue weighted by molar-refractivity contribution is -0.579. The van der Waals surface area contributed by atoms with E-state index in [0.717, 1.165) is 23.2 Å². The maximum atomic E-state index is 11.5. The van der Waals surface area contributed by atoms with Crippen LogP contribution in [0.3, 0.4) is 0 Å². The molecule has 1 unspecified atom stereocenters. The SMILES string of the molecule is [O-][n+]1cccc2c(C3CCCNC3)c[nH]c21. The van der Waals surface area contributed by atoms with E-state index >= 15 is 0 Å². The number of pyridine rings is 1. The van der Waals surface area contributed by atoms with Gasteiger partial charge in [0.05, 0.1) is 17.8 Å². The van der Waals surface area contributed by atoms with Crippen molar-refractivity contribution in [3.8, 4) is 0 Å². The van der Waals surface area contributed by atoms with Crippen LogP contribution < -0.4 is 10.0 Å². The summed E-state index contributed by atoms with van der Waals surface area (Å²) in [5, 5.41) is 16.0. The fraction of sp³-hybridized carbons (Fsp3) is 0.417. The molecule has 1 aliphatic heterocycles. The summed E-state index contributed by atoms with van der Waals surface area (Å²) in [4.78, 5) is 3.08. The zero-order valence-corrected chi connectivity index (χ0v) is 9.07. The van der Waals surface area contributed by atoms with Gasteiger partial charge in [-0.25, -0.2) is 9.71 Å². The zero-order valence-electron chi connectivity index (χ0n) is 9.07. The third-order valence-corrected chi connectivity index (χ3v) is 3.37. The molecule has 0 bridgehead atoms. The first-order chi connectivity index (χ1) is 7.86. The highest BCUT2D eigenvalue weighted by atomic mass is 16.5. The second-order valence-corrected chi connectivity index (χ2v) is 4.38. The molecular formula is C12H15N3O. The van der Waals surface area contributed by atoms with Crippen molar-refractivity contribution in [1.82, 2.24) is 10.3 Å². The zero-order chi connectivity index (χ0) is 11.0. The normalized spacial score (nSPS) is 21.4. The van der Waals surface area contributed by atoms with Gasteiger partial charge in [0, 0.05) is 18.0 Å². The van der Waals surface area contributed by atoms with Crippen molar-refractivity contribution < 1.29 is 4.73 Å². The lowest BCUT2D eigenvalue weighted by Crippen LogP contribution is -2.28. The van der Waals surface area contributed by atoms with Crippen LogP contribution in [0.2, 0.25) is 0 Å². The summed E-state index contributed by atoms with van der Waals surface area (Å²) >= 11 is 0. The van der Waals surface area contributed by atoms with Crippen LogP contribution >= 0.6 is 0 Å². The highest BCUT2D eigenvalue weighted by molar-refractivity contribution is 5.77. The molecule has 4 nitrogen and oxygen atoms in total. The topological polar surface area (TPSA) is 54.8 Å². The second-order valence-electron chi connectivity index (χ2n) is 4.38. The van der Waals surface area contributed by atoms with Crippen molar-refractivity contribution in [2.75, 3.05) is 13.1 Å². The molecule has 0 saturated carbocycles. The van der Waals surface area contributed by atoms with Crippen LogP contribution in [-0.2, 0) is 0 Å². The van der Waals surface area contributed by atoms with E-state index in [0.29, 0.717) is 11.6 Å². The van der Waals surface area contributed by atoms with E-state index < -0.39 is 0 Å². The van der Waals surface area contributed by atoms with Gasteiger partial charge in [-0.05, 0) is 31.5 Å². The van der Waals surface area contributed by atoms with Gasteiger partial charge in [-0.3, -0.25) is 0 Å². The van der Waals surface area contributed by atoms with Gasteiger partial charge in [0.25, 0.3) is 5.65 Å². The highest BCUT2D eigenvalue weighted by Gasteiger charge is 2.21. The van der Waals surface area contributed by atoms with Crippen LogP contribution in [-0.4, -0.2) is 18.1 Å². The van der Waals surface area contributed by atoms with Crippen molar-refractivity contribution in [2.45, 2.75) is 18.8 Å². The average molecular weight is 217 g/mol. The number of rotatable bonds is 1. The number of aromatic nitrogens is 2. The van der Waals surface area contributed by atoms with E-state index in [-0.39, 0.29) is 0 Å². The highest BCUT2D eigenvalue weighted by Crippen LogP contribution is 2.28. The molecule has 0 aromatic carbocycles. The fourth-order valence-electron chi connectivity index (χ4n) is 2.54. The van der Waals surface area contributed by atoms with Crippen LogP contribution in [0.25, 0.3) is 11.0 Å². The molecule has 0 amide bonds. The molecule has 0 radical (unpaired) electrons. The summed E-state index contributed by atoms with van der Waals surface area (Å²) in [5.41, 5.74) is 1.94. The van der Waals surface area contributed by atoms with Crippen LogP contribution in [0.15, 0.2) is 24.5 Å². The van der Waals surface area contributed by atoms with Gasteiger partial charge in [0.15, 0.2) is 0 Å². The Morgan fingerprint density at radius 2 is 2.38 bits per heavy atom. The Morgan fingerprint density at radius 3 is 3.19 bits per heavy atom. The van der Waals surface area contributed by atoms with Gasteiger partial charge in [-0.15, -0.1) is 0 Å². The van der Waals surface area contributed by atoms with E-state index in [1.807, 2.05) is 18.3 Å². The Balaban J connectivity index is 2.06. The monoisotopic (exact) mass is 217 g/mol. The lowest BCUT2D eigenvalue weighted by atomic mass is 9.92. The first-order valence-electron chi connectivity index (χ1n) is 5.76. The quantitative estimate of drug-likeness (QED) is 0.558. The minimum Gasteiger partial charge on any atom is -0.711 e. The fourth-order valence-corrected chi connectivity index (χ4v) is 2.54. The number of piperidine rings is 1. The molecule has 16 heavy (non-hydrogen) atoms. The van der Waals surface area contributed by atoms with Crippen LogP contribution in [0.4, 0.5) is 0 Å². The lowest BCUT2D eigenvalue weighted by Gasteiger charge is -2.21. The number of nitrogens with one attached hydrogen (secondary N) is 2. The molecule has 4 heteroatoms. The minimum absolute atomic E-state index is 0.532. The van der Waals surface area contributed by atoms with Crippen LogP contribution in [0.5, 0.6) is 0 Å². The summed E-state index contributed by atoms with van der Waals surface area (Å²) < 4.78 is 0.898. The van der Waals surface area contributed by atoms with Gasteiger partial charge < -0.3 is 10.5 Å². The third kappa shape index (κ3) is 1.46. The van der Waals surface area contributed by atoms with Crippen LogP contribution in [0, 0.1) is 5.21 Å². The Morgan fingerprint density at radius 1 is 1.44 bits per heavy atom. The first kappa shape index (κ1) is 9.66. The van der Waals surface area contributed by atoms with Crippen molar-refractivity contribution >= 4 is 11.0 Å². The number of fused-ring (bicyclic) bond motifs is 1. The number of hydrogen-bond acceptors (Lipinski definition) is 2. The summed E-state index contributed by atoms with van der Waals surface area (Å²) in [6.07, 6.45) is 5.92. The molecular weight excluding hydrogens is 202 g/mol. The average Bonchev–Trinajstić information content (AvgIpc) is 2.75. The summed E-state index contributed by atoms with van der Waals surface area (Å²) in [6, 6.07) is 3.83. The molecule has 1 aliphatic rings. The van der Waals surface area contributed by atoms with E-state index in [1.54, 1.807) is 0 Å². The summed E-state index contributed by atoms with van der Waals surface area (Å²) in [6.45, 7) is 2.13. The Bertz CT molecular complexity index is 500. The van der Waals surface area contributed by atoms with Crippen molar-refractivity contribution in [3.05, 3.63) is 35.3 Å². The standard InChI is InChI=1S/C12H15N3O/c16-15-6-2-4-10-11(8-14-12(10)15)9-3-1-5-13-7-9/h2,4,6,8-9,13-14H,1,3,5,7H2. The van der Waals surface area contributed by atoms with E-state index in [1.165, 1.54) is 24.6 Å². The van der Waals surface area contributed by atoms with Gasteiger partial charge in [-0.1, -0.05) is 0 Å². The minimum atomic E-state index is 0.532. The largest absolute Gasteiger partial charge is 0.711 e. The predicted molar refractivity (Wildman–Crippen MR) is 62.1 cm³/mol. The summed E-state index contributed by atoms with van der Waals surface area (Å²) in [7, 11) is 0. The van der Waals surface area contributed by atoms with Crippen molar-refractivity contribution in [2.24, 2.45) is 0 Å². The Hall–Kier alpha value is -1.55. The number of aromatic amines is 1. The first-order valence-corrected chi connectivity index (χ1v) is 5.76. The smallest absolute Gasteiger partial charge is 0.289 e. The van der Waals surface area contributed by atoms with Gasteiger partial charge >= 0.3 is 0 Å². The Kier molecular flexibility index (Phi) is 2.29. The van der Waals surface area contributed by atoms with E-state index in [2.05, 4.69) is 10.3 Å². The number of H-pyrrole nitrogens is 1. The van der Waals surface area contributed by atoms with Crippen molar-refractivity contribution in [3.63, 3.8) is 0 Å². The van der Waals surface area contributed by atoms with Gasteiger partial charge in [0.2, 0.25) is 0 Å². The molecule has 3 rings (SSSR count). The molecule has 2 N–H and O–H groups in total. The van der Waals surface area contributed by atoms with Crippen molar-refractivity contribution in [1.29, 1.82) is 0 Å².